The van der Waals surface area contributed by atoms with Crippen molar-refractivity contribution in [3.63, 3.8) is 0 Å². The van der Waals surface area contributed by atoms with E-state index >= 15 is 0 Å². The highest BCUT2D eigenvalue weighted by Crippen LogP contribution is 2.28. The Hall–Kier alpha value is -2.05. The lowest BCUT2D eigenvalue weighted by atomic mass is 10.1. The average molecular weight is 336 g/mol. The number of halogens is 1. The van der Waals surface area contributed by atoms with Gasteiger partial charge in [0.05, 0.1) is 6.26 Å². The number of aromatic nitrogens is 1. The molecule has 2 amide bonds. The van der Waals surface area contributed by atoms with Gasteiger partial charge in [0.2, 0.25) is 0 Å². The van der Waals surface area contributed by atoms with Gasteiger partial charge in [0.25, 0.3) is 0 Å². The van der Waals surface area contributed by atoms with E-state index in [2.05, 4.69) is 10.3 Å². The van der Waals surface area contributed by atoms with Gasteiger partial charge in [0.1, 0.15) is 17.0 Å². The van der Waals surface area contributed by atoms with Crippen LogP contribution >= 0.6 is 11.6 Å². The van der Waals surface area contributed by atoms with Gasteiger partial charge in [-0.3, -0.25) is 0 Å². The van der Waals surface area contributed by atoms with Crippen molar-refractivity contribution >= 4 is 23.3 Å². The van der Waals surface area contributed by atoms with E-state index in [-0.39, 0.29) is 12.1 Å². The van der Waals surface area contributed by atoms with Gasteiger partial charge >= 0.3 is 6.03 Å². The molecule has 0 saturated carbocycles. The van der Waals surface area contributed by atoms with E-state index in [0.29, 0.717) is 29.6 Å². The molecule has 23 heavy (non-hydrogen) atoms. The van der Waals surface area contributed by atoms with Crippen LogP contribution in [0.25, 0.3) is 0 Å². The van der Waals surface area contributed by atoms with E-state index in [1.165, 1.54) is 6.26 Å². The summed E-state index contributed by atoms with van der Waals surface area (Å²) in [4.78, 5) is 18.1. The van der Waals surface area contributed by atoms with E-state index in [1.807, 2.05) is 0 Å². The first kappa shape index (κ1) is 15.8. The topological polar surface area (TPSA) is 78.6 Å². The molecule has 0 aliphatic carbocycles. The number of amides is 2. The first-order chi connectivity index (χ1) is 11.1. The van der Waals surface area contributed by atoms with Gasteiger partial charge in [-0.25, -0.2) is 9.78 Å². The summed E-state index contributed by atoms with van der Waals surface area (Å²) in [6, 6.07) is 6.55. The van der Waals surface area contributed by atoms with Crippen molar-refractivity contribution in [3.8, 4) is 0 Å². The number of pyridine rings is 1. The van der Waals surface area contributed by atoms with Gasteiger partial charge < -0.3 is 19.7 Å². The van der Waals surface area contributed by atoms with Gasteiger partial charge in [-0.05, 0) is 37.1 Å². The lowest BCUT2D eigenvalue weighted by Gasteiger charge is -2.26. The van der Waals surface area contributed by atoms with Crippen LogP contribution in [-0.4, -0.2) is 33.6 Å². The number of nitrogens with zero attached hydrogens (tertiary/aromatic N) is 2. The van der Waals surface area contributed by atoms with Crippen molar-refractivity contribution in [2.45, 2.75) is 31.4 Å². The first-order valence-corrected chi connectivity index (χ1v) is 7.92. The number of likely N-dealkylation sites (tertiary alicyclic amines) is 1. The summed E-state index contributed by atoms with van der Waals surface area (Å²) in [5.41, 5.74) is 0.604. The normalized spacial score (nSPS) is 18.9. The highest BCUT2D eigenvalue weighted by atomic mass is 35.5. The Balaban J connectivity index is 1.63. The van der Waals surface area contributed by atoms with Gasteiger partial charge in [-0.2, -0.15) is 0 Å². The van der Waals surface area contributed by atoms with Crippen molar-refractivity contribution in [1.29, 1.82) is 0 Å². The molecule has 1 aliphatic rings. The van der Waals surface area contributed by atoms with E-state index in [9.17, 15) is 9.90 Å². The van der Waals surface area contributed by atoms with Gasteiger partial charge in [0.15, 0.2) is 0 Å². The number of furan rings is 1. The summed E-state index contributed by atoms with van der Waals surface area (Å²) in [5, 5.41) is 13.4. The molecule has 2 aromatic heterocycles. The maximum absolute atomic E-state index is 12.5. The minimum Gasteiger partial charge on any atom is -0.467 e. The summed E-state index contributed by atoms with van der Waals surface area (Å²) in [6.07, 6.45) is 4.60. The smallest absolute Gasteiger partial charge is 0.322 e. The number of urea groups is 1. The number of hydrogen-bond acceptors (Lipinski definition) is 4. The SMILES string of the molecule is O=C(Nc1ccnc(Cl)c1)N1CCCC1CC(O)c1ccco1. The zero-order valence-corrected chi connectivity index (χ0v) is 13.2. The Morgan fingerprint density at radius 2 is 2.43 bits per heavy atom. The van der Waals surface area contributed by atoms with Crippen LogP contribution in [0.5, 0.6) is 0 Å². The Morgan fingerprint density at radius 3 is 3.17 bits per heavy atom. The quantitative estimate of drug-likeness (QED) is 0.839. The standard InChI is InChI=1S/C16H18ClN3O3/c17-15-9-11(5-6-18-15)19-16(22)20-7-1-3-12(20)10-13(21)14-4-2-8-23-14/h2,4-6,8-9,12-13,21H,1,3,7,10H2,(H,18,19,22). The molecule has 122 valence electrons. The third-order valence-electron chi connectivity index (χ3n) is 3.98. The fourth-order valence-corrected chi connectivity index (χ4v) is 3.05. The maximum Gasteiger partial charge on any atom is 0.322 e. The lowest BCUT2D eigenvalue weighted by Crippen LogP contribution is -2.39. The molecular weight excluding hydrogens is 318 g/mol. The van der Waals surface area contributed by atoms with Crippen LogP contribution in [-0.2, 0) is 0 Å². The number of aliphatic hydroxyl groups excluding tert-OH is 1. The van der Waals surface area contributed by atoms with Gasteiger partial charge in [-0.15, -0.1) is 0 Å². The Bertz CT molecular complexity index is 662. The molecular formula is C16H18ClN3O3. The molecule has 1 aliphatic heterocycles. The number of rotatable bonds is 4. The molecule has 2 N–H and O–H groups in total. The number of hydrogen-bond donors (Lipinski definition) is 2. The Labute approximate surface area is 139 Å². The molecule has 0 radical (unpaired) electrons. The molecule has 2 atom stereocenters. The molecule has 2 unspecified atom stereocenters. The molecule has 2 aromatic rings. The van der Waals surface area contributed by atoms with Crippen LogP contribution in [0.15, 0.2) is 41.1 Å². The predicted octanol–water partition coefficient (Wildman–Crippen LogP) is 3.45. The minimum atomic E-state index is -0.709. The number of aliphatic hydroxyl groups is 1. The summed E-state index contributed by atoms with van der Waals surface area (Å²) in [7, 11) is 0. The zero-order valence-electron chi connectivity index (χ0n) is 12.5. The summed E-state index contributed by atoms with van der Waals surface area (Å²) in [5.74, 6) is 0.526. The molecule has 3 heterocycles. The Morgan fingerprint density at radius 1 is 1.57 bits per heavy atom. The van der Waals surface area contributed by atoms with Gasteiger partial charge in [-0.1, -0.05) is 11.6 Å². The third kappa shape index (κ3) is 3.83. The fraction of sp³-hybridized carbons (Fsp3) is 0.375. The van der Waals surface area contributed by atoms with E-state index in [1.54, 1.807) is 35.4 Å². The second-order valence-electron chi connectivity index (χ2n) is 5.55. The average Bonchev–Trinajstić information content (AvgIpc) is 3.18. The largest absolute Gasteiger partial charge is 0.467 e. The highest BCUT2D eigenvalue weighted by molar-refractivity contribution is 6.29. The second-order valence-corrected chi connectivity index (χ2v) is 5.94. The molecule has 0 spiro atoms. The van der Waals surface area contributed by atoms with Crippen LogP contribution in [0, 0.1) is 0 Å². The number of nitrogens with one attached hydrogen (secondary N) is 1. The van der Waals surface area contributed by atoms with Crippen LogP contribution < -0.4 is 5.32 Å². The fourth-order valence-electron chi connectivity index (χ4n) is 2.88. The van der Waals surface area contributed by atoms with Crippen molar-refractivity contribution in [3.05, 3.63) is 47.6 Å². The lowest BCUT2D eigenvalue weighted by molar-refractivity contribution is 0.110. The molecule has 1 saturated heterocycles. The third-order valence-corrected chi connectivity index (χ3v) is 4.19. The molecule has 3 rings (SSSR count). The van der Waals surface area contributed by atoms with Crippen LogP contribution in [0.2, 0.25) is 5.15 Å². The van der Waals surface area contributed by atoms with Crippen molar-refractivity contribution < 1.29 is 14.3 Å². The zero-order chi connectivity index (χ0) is 16.2. The van der Waals surface area contributed by atoms with Crippen LogP contribution in [0.1, 0.15) is 31.1 Å². The number of carbonyl (C=O) groups excluding carboxylic acids is 1. The van der Waals surface area contributed by atoms with Crippen molar-refractivity contribution in [2.24, 2.45) is 0 Å². The van der Waals surface area contributed by atoms with Crippen LogP contribution in [0.3, 0.4) is 0 Å². The molecule has 1 fully saturated rings. The summed E-state index contributed by atoms with van der Waals surface area (Å²) >= 11 is 5.82. The second kappa shape index (κ2) is 7.02. The highest BCUT2D eigenvalue weighted by Gasteiger charge is 2.31. The number of carbonyl (C=O) groups is 1. The van der Waals surface area contributed by atoms with Gasteiger partial charge in [0, 0.05) is 30.9 Å². The summed E-state index contributed by atoms with van der Waals surface area (Å²) < 4.78 is 5.22. The van der Waals surface area contributed by atoms with Crippen LogP contribution in [0.4, 0.5) is 10.5 Å². The molecule has 0 aromatic carbocycles. The summed E-state index contributed by atoms with van der Waals surface area (Å²) in [6.45, 7) is 0.667. The van der Waals surface area contributed by atoms with Crippen molar-refractivity contribution in [1.82, 2.24) is 9.88 Å². The Kier molecular flexibility index (Phi) is 4.83. The van der Waals surface area contributed by atoms with E-state index in [4.69, 9.17) is 16.0 Å². The number of anilines is 1. The van der Waals surface area contributed by atoms with E-state index in [0.717, 1.165) is 12.8 Å². The first-order valence-electron chi connectivity index (χ1n) is 7.54. The molecule has 6 nitrogen and oxygen atoms in total. The monoisotopic (exact) mass is 335 g/mol. The minimum absolute atomic E-state index is 0.0209. The molecule has 0 bridgehead atoms. The van der Waals surface area contributed by atoms with E-state index < -0.39 is 6.10 Å². The molecule has 7 heteroatoms. The maximum atomic E-state index is 12.5. The predicted molar refractivity (Wildman–Crippen MR) is 86.3 cm³/mol. The van der Waals surface area contributed by atoms with Crippen molar-refractivity contribution in [2.75, 3.05) is 11.9 Å².